The van der Waals surface area contributed by atoms with E-state index in [0.29, 0.717) is 17.7 Å². The first-order valence-electron chi connectivity index (χ1n) is 11.7. The number of amides is 2. The summed E-state index contributed by atoms with van der Waals surface area (Å²) in [5.74, 6) is 0.416. The molecule has 1 aromatic heterocycles. The first-order chi connectivity index (χ1) is 17.5. The van der Waals surface area contributed by atoms with Crippen LogP contribution in [0.15, 0.2) is 88.4 Å². The van der Waals surface area contributed by atoms with Gasteiger partial charge >= 0.3 is 0 Å². The molecule has 1 heterocycles. The lowest BCUT2D eigenvalue weighted by atomic mass is 9.93. The van der Waals surface area contributed by atoms with Crippen molar-refractivity contribution in [1.82, 2.24) is 5.43 Å². The number of carbonyl (C=O) groups is 2. The van der Waals surface area contributed by atoms with Crippen LogP contribution in [0.3, 0.4) is 0 Å². The summed E-state index contributed by atoms with van der Waals surface area (Å²) >= 11 is 2.22. The SMILES string of the molecule is Cc1c(C(=O)Nc2ccc(I)cc2)oc2c1/C(=N/NC(=O)c1ccc(-c3ccccc3)cc1)CCC2. The lowest BCUT2D eigenvalue weighted by Crippen LogP contribution is -2.22. The molecule has 0 spiro atoms. The number of fused-ring (bicyclic) bond motifs is 1. The summed E-state index contributed by atoms with van der Waals surface area (Å²) in [6, 6.07) is 25.0. The molecule has 0 saturated heterocycles. The Morgan fingerprint density at radius 1 is 0.861 bits per heavy atom. The van der Waals surface area contributed by atoms with Crippen LogP contribution in [0.5, 0.6) is 0 Å². The fourth-order valence-corrected chi connectivity index (χ4v) is 4.70. The Bertz CT molecular complexity index is 1440. The quantitative estimate of drug-likeness (QED) is 0.204. The number of hydrogen-bond acceptors (Lipinski definition) is 4. The second-order valence-corrected chi connectivity index (χ2v) is 9.86. The van der Waals surface area contributed by atoms with Gasteiger partial charge in [0.25, 0.3) is 11.8 Å². The van der Waals surface area contributed by atoms with Crippen LogP contribution < -0.4 is 10.7 Å². The molecule has 36 heavy (non-hydrogen) atoms. The number of aryl methyl sites for hydroxylation is 1. The van der Waals surface area contributed by atoms with Gasteiger partial charge in [-0.05, 0) is 89.9 Å². The predicted octanol–water partition coefficient (Wildman–Crippen LogP) is 6.58. The topological polar surface area (TPSA) is 83.7 Å². The second-order valence-electron chi connectivity index (χ2n) is 8.61. The highest BCUT2D eigenvalue weighted by Gasteiger charge is 2.28. The summed E-state index contributed by atoms with van der Waals surface area (Å²) < 4.78 is 7.05. The zero-order valence-corrected chi connectivity index (χ0v) is 21.8. The van der Waals surface area contributed by atoms with Crippen molar-refractivity contribution in [3.8, 4) is 11.1 Å². The van der Waals surface area contributed by atoms with E-state index in [4.69, 9.17) is 4.42 Å². The second kappa shape index (κ2) is 10.5. The fraction of sp³-hybridized carbons (Fsp3) is 0.138. The highest BCUT2D eigenvalue weighted by atomic mass is 127. The summed E-state index contributed by atoms with van der Waals surface area (Å²) in [6.07, 6.45) is 2.25. The lowest BCUT2D eigenvalue weighted by Gasteiger charge is -2.13. The number of furan rings is 1. The van der Waals surface area contributed by atoms with Crippen LogP contribution in [0, 0.1) is 10.5 Å². The van der Waals surface area contributed by atoms with Gasteiger partial charge in [0.2, 0.25) is 0 Å². The van der Waals surface area contributed by atoms with Crippen molar-refractivity contribution in [2.45, 2.75) is 26.2 Å². The number of anilines is 1. The summed E-state index contributed by atoms with van der Waals surface area (Å²) in [4.78, 5) is 25.7. The summed E-state index contributed by atoms with van der Waals surface area (Å²) in [7, 11) is 0. The van der Waals surface area contributed by atoms with E-state index in [1.54, 1.807) is 12.1 Å². The van der Waals surface area contributed by atoms with E-state index in [1.807, 2.05) is 73.7 Å². The minimum absolute atomic E-state index is 0.274. The lowest BCUT2D eigenvalue weighted by molar-refractivity contribution is 0.0953. The summed E-state index contributed by atoms with van der Waals surface area (Å²) in [6.45, 7) is 1.86. The van der Waals surface area contributed by atoms with Gasteiger partial charge in [0.15, 0.2) is 5.76 Å². The van der Waals surface area contributed by atoms with Crippen LogP contribution in [0.2, 0.25) is 0 Å². The molecule has 0 atom stereocenters. The maximum Gasteiger partial charge on any atom is 0.291 e. The molecule has 6 nitrogen and oxygen atoms in total. The van der Waals surface area contributed by atoms with E-state index in [-0.39, 0.29) is 17.6 Å². The molecule has 1 aliphatic rings. The van der Waals surface area contributed by atoms with Crippen molar-refractivity contribution in [1.29, 1.82) is 0 Å². The molecule has 4 aromatic rings. The van der Waals surface area contributed by atoms with Gasteiger partial charge in [0, 0.05) is 32.4 Å². The first-order valence-corrected chi connectivity index (χ1v) is 12.8. The molecular weight excluding hydrogens is 565 g/mol. The van der Waals surface area contributed by atoms with Crippen molar-refractivity contribution in [3.05, 3.63) is 111 Å². The third-order valence-electron chi connectivity index (χ3n) is 6.18. The number of halogens is 1. The molecule has 1 aliphatic carbocycles. The molecule has 7 heteroatoms. The van der Waals surface area contributed by atoms with Crippen molar-refractivity contribution >= 4 is 45.8 Å². The molecule has 0 bridgehead atoms. The molecule has 2 amide bonds. The van der Waals surface area contributed by atoms with Crippen LogP contribution in [0.4, 0.5) is 5.69 Å². The van der Waals surface area contributed by atoms with E-state index in [2.05, 4.69) is 38.4 Å². The highest BCUT2D eigenvalue weighted by Crippen LogP contribution is 2.30. The van der Waals surface area contributed by atoms with Gasteiger partial charge in [-0.15, -0.1) is 0 Å². The molecule has 0 unspecified atom stereocenters. The third kappa shape index (κ3) is 5.11. The Labute approximate surface area is 222 Å². The van der Waals surface area contributed by atoms with Crippen LogP contribution in [-0.4, -0.2) is 17.5 Å². The van der Waals surface area contributed by atoms with E-state index >= 15 is 0 Å². The third-order valence-corrected chi connectivity index (χ3v) is 6.90. The molecule has 2 N–H and O–H groups in total. The van der Waals surface area contributed by atoms with Crippen LogP contribution in [0.25, 0.3) is 11.1 Å². The molecule has 0 radical (unpaired) electrons. The van der Waals surface area contributed by atoms with Crippen molar-refractivity contribution in [2.24, 2.45) is 5.10 Å². The van der Waals surface area contributed by atoms with Gasteiger partial charge < -0.3 is 9.73 Å². The van der Waals surface area contributed by atoms with E-state index in [9.17, 15) is 9.59 Å². The number of carbonyl (C=O) groups excluding carboxylic acids is 2. The average molecular weight is 589 g/mol. The smallest absolute Gasteiger partial charge is 0.291 e. The zero-order chi connectivity index (χ0) is 25.1. The monoisotopic (exact) mass is 589 g/mol. The van der Waals surface area contributed by atoms with Crippen LogP contribution in [0.1, 0.15) is 50.6 Å². The van der Waals surface area contributed by atoms with Crippen molar-refractivity contribution in [2.75, 3.05) is 5.32 Å². The van der Waals surface area contributed by atoms with Gasteiger partial charge in [-0.3, -0.25) is 9.59 Å². The standard InChI is InChI=1S/C29H24IN3O3/c1-18-26-24(32-33-28(34)21-12-10-20(11-13-21)19-6-3-2-4-7-19)8-5-9-25(26)36-27(18)29(35)31-23-16-14-22(30)15-17-23/h2-4,6-7,10-17H,5,8-9H2,1H3,(H,31,35)(H,33,34)/b32-24+. The molecule has 5 rings (SSSR count). The Kier molecular flexibility index (Phi) is 6.99. The Balaban J connectivity index is 1.32. The van der Waals surface area contributed by atoms with Gasteiger partial charge in [0.05, 0.1) is 5.71 Å². The van der Waals surface area contributed by atoms with E-state index in [1.165, 1.54) is 0 Å². The largest absolute Gasteiger partial charge is 0.455 e. The predicted molar refractivity (Wildman–Crippen MR) is 149 cm³/mol. The maximum absolute atomic E-state index is 12.9. The Hall–Kier alpha value is -3.72. The van der Waals surface area contributed by atoms with Gasteiger partial charge in [-0.25, -0.2) is 5.43 Å². The van der Waals surface area contributed by atoms with Crippen LogP contribution in [-0.2, 0) is 6.42 Å². The molecule has 0 saturated carbocycles. The van der Waals surface area contributed by atoms with Gasteiger partial charge in [-0.1, -0.05) is 42.5 Å². The highest BCUT2D eigenvalue weighted by molar-refractivity contribution is 14.1. The minimum atomic E-state index is -0.301. The van der Waals surface area contributed by atoms with Crippen LogP contribution >= 0.6 is 22.6 Å². The minimum Gasteiger partial charge on any atom is -0.455 e. The van der Waals surface area contributed by atoms with Crippen molar-refractivity contribution < 1.29 is 14.0 Å². The summed E-state index contributed by atoms with van der Waals surface area (Å²) in [5, 5.41) is 7.33. The normalized spacial score (nSPS) is 13.8. The average Bonchev–Trinajstić information content (AvgIpc) is 3.26. The van der Waals surface area contributed by atoms with E-state index in [0.717, 1.165) is 50.1 Å². The number of benzene rings is 3. The molecule has 3 aromatic carbocycles. The number of nitrogens with one attached hydrogen (secondary N) is 2. The molecule has 180 valence electrons. The van der Waals surface area contributed by atoms with E-state index < -0.39 is 0 Å². The molecule has 0 aliphatic heterocycles. The molecule has 0 fully saturated rings. The number of rotatable bonds is 5. The Morgan fingerprint density at radius 2 is 1.56 bits per heavy atom. The fourth-order valence-electron chi connectivity index (χ4n) is 4.35. The zero-order valence-electron chi connectivity index (χ0n) is 19.7. The first kappa shape index (κ1) is 24.0. The van der Waals surface area contributed by atoms with Crippen molar-refractivity contribution in [3.63, 3.8) is 0 Å². The Morgan fingerprint density at radius 3 is 2.28 bits per heavy atom. The summed E-state index contributed by atoms with van der Waals surface area (Å²) in [5.41, 5.74) is 8.31. The van der Waals surface area contributed by atoms with Gasteiger partial charge in [0.1, 0.15) is 5.76 Å². The number of nitrogens with zero attached hydrogens (tertiary/aromatic N) is 1. The van der Waals surface area contributed by atoms with Gasteiger partial charge in [-0.2, -0.15) is 5.10 Å². The molecular formula is C29H24IN3O3. The number of hydrogen-bond donors (Lipinski definition) is 2. The maximum atomic E-state index is 12.9. The number of hydrazone groups is 1.